The Hall–Kier alpha value is -1.71. The number of hydrogen-bond acceptors (Lipinski definition) is 4. The number of aliphatic hydroxyl groups is 1. The number of rotatable bonds is 4. The molecule has 0 unspecified atom stereocenters. The first kappa shape index (κ1) is 20.0. The predicted molar refractivity (Wildman–Crippen MR) is 105 cm³/mol. The van der Waals surface area contributed by atoms with Crippen LogP contribution in [-0.4, -0.2) is 17.2 Å². The molecule has 2 aliphatic rings. The minimum atomic E-state index is -0.369. The highest BCUT2D eigenvalue weighted by molar-refractivity contribution is 5.91. The molecule has 4 heteroatoms. The van der Waals surface area contributed by atoms with Gasteiger partial charge in [0.25, 0.3) is 0 Å². The van der Waals surface area contributed by atoms with Crippen molar-refractivity contribution in [1.82, 2.24) is 0 Å². The van der Waals surface area contributed by atoms with E-state index in [9.17, 15) is 9.90 Å². The first-order chi connectivity index (χ1) is 12.7. The Morgan fingerprint density at radius 1 is 1.33 bits per heavy atom. The number of furan rings is 1. The molecule has 0 saturated heterocycles. The van der Waals surface area contributed by atoms with Crippen LogP contribution in [0.4, 0.5) is 0 Å². The van der Waals surface area contributed by atoms with Crippen molar-refractivity contribution in [2.24, 2.45) is 23.2 Å². The monoisotopic (exact) mass is 374 g/mol. The van der Waals surface area contributed by atoms with Gasteiger partial charge < -0.3 is 14.3 Å². The van der Waals surface area contributed by atoms with Crippen LogP contribution in [0.2, 0.25) is 0 Å². The van der Waals surface area contributed by atoms with Gasteiger partial charge in [-0.3, -0.25) is 0 Å². The second kappa shape index (κ2) is 7.73. The molecule has 0 aromatic carbocycles. The van der Waals surface area contributed by atoms with Crippen LogP contribution in [0.3, 0.4) is 0 Å². The topological polar surface area (TPSA) is 59.7 Å². The normalized spacial score (nSPS) is 31.2. The molecular formula is C23H34O4. The standard InChI is InChI=1S/C23H34O4/c1-14(2)16-9-8-15(3)13-19(16)27-22(25)20-17(24)10-11-23(4,5)21(20)18-7-6-12-26-18/h6-7,12,14-16,19,21,24H,8-11,13H2,1-5H3/t15-,16+,19-,21-/m1/s1. The smallest absolute Gasteiger partial charge is 0.338 e. The van der Waals surface area contributed by atoms with E-state index in [1.807, 2.05) is 12.1 Å². The zero-order valence-electron chi connectivity index (χ0n) is 17.3. The zero-order valence-corrected chi connectivity index (χ0v) is 17.3. The molecule has 0 bridgehead atoms. The predicted octanol–water partition coefficient (Wildman–Crippen LogP) is 6.00. The molecule has 2 aliphatic carbocycles. The first-order valence-electron chi connectivity index (χ1n) is 10.4. The van der Waals surface area contributed by atoms with Gasteiger partial charge in [0.15, 0.2) is 0 Å². The fourth-order valence-electron chi connectivity index (χ4n) is 4.95. The number of esters is 1. The van der Waals surface area contributed by atoms with Crippen molar-refractivity contribution in [3.63, 3.8) is 0 Å². The van der Waals surface area contributed by atoms with Crippen LogP contribution in [-0.2, 0) is 9.53 Å². The molecule has 3 rings (SSSR count). The molecule has 1 N–H and O–H groups in total. The molecule has 1 aromatic heterocycles. The molecule has 1 heterocycles. The Morgan fingerprint density at radius 3 is 2.70 bits per heavy atom. The van der Waals surface area contributed by atoms with Crippen LogP contribution in [0, 0.1) is 23.2 Å². The fraction of sp³-hybridized carbons (Fsp3) is 0.696. The Kier molecular flexibility index (Phi) is 5.73. The van der Waals surface area contributed by atoms with Gasteiger partial charge in [-0.05, 0) is 54.6 Å². The molecule has 1 fully saturated rings. The van der Waals surface area contributed by atoms with Gasteiger partial charge in [-0.1, -0.05) is 41.0 Å². The summed E-state index contributed by atoms with van der Waals surface area (Å²) in [6.07, 6.45) is 6.03. The summed E-state index contributed by atoms with van der Waals surface area (Å²) < 4.78 is 11.7. The van der Waals surface area contributed by atoms with Gasteiger partial charge in [0, 0.05) is 6.42 Å². The van der Waals surface area contributed by atoms with E-state index in [-0.39, 0.29) is 29.2 Å². The number of aliphatic hydroxyl groups excluding tert-OH is 1. The molecule has 1 saturated carbocycles. The lowest BCUT2D eigenvalue weighted by Gasteiger charge is -2.40. The maximum Gasteiger partial charge on any atom is 0.338 e. The van der Waals surface area contributed by atoms with Crippen molar-refractivity contribution in [1.29, 1.82) is 0 Å². The molecule has 4 nitrogen and oxygen atoms in total. The van der Waals surface area contributed by atoms with Gasteiger partial charge in [0.05, 0.1) is 17.8 Å². The van der Waals surface area contributed by atoms with Crippen molar-refractivity contribution in [3.8, 4) is 0 Å². The molecule has 0 spiro atoms. The number of carbonyl (C=O) groups excluding carboxylic acids is 1. The first-order valence-corrected chi connectivity index (χ1v) is 10.4. The van der Waals surface area contributed by atoms with Crippen LogP contribution in [0.1, 0.15) is 78.4 Å². The summed E-state index contributed by atoms with van der Waals surface area (Å²) in [4.78, 5) is 13.3. The van der Waals surface area contributed by atoms with E-state index in [2.05, 4.69) is 34.6 Å². The molecule has 0 amide bonds. The fourth-order valence-corrected chi connectivity index (χ4v) is 4.95. The Bertz CT molecular complexity index is 683. The third-order valence-corrected chi connectivity index (χ3v) is 6.65. The quantitative estimate of drug-likeness (QED) is 0.657. The number of hydrogen-bond donors (Lipinski definition) is 1. The number of allylic oxidation sites excluding steroid dienone is 1. The molecule has 0 radical (unpaired) electrons. The number of ether oxygens (including phenoxy) is 1. The third kappa shape index (κ3) is 4.09. The highest BCUT2D eigenvalue weighted by Crippen LogP contribution is 2.50. The summed E-state index contributed by atoms with van der Waals surface area (Å²) in [5.74, 6) is 1.64. The lowest BCUT2D eigenvalue weighted by Crippen LogP contribution is -2.38. The maximum absolute atomic E-state index is 13.3. The van der Waals surface area contributed by atoms with Crippen molar-refractivity contribution >= 4 is 5.97 Å². The van der Waals surface area contributed by atoms with E-state index in [0.717, 1.165) is 25.0 Å². The summed E-state index contributed by atoms with van der Waals surface area (Å²) >= 11 is 0. The van der Waals surface area contributed by atoms with Gasteiger partial charge in [-0.15, -0.1) is 0 Å². The highest BCUT2D eigenvalue weighted by atomic mass is 16.5. The summed E-state index contributed by atoms with van der Waals surface area (Å²) in [6, 6.07) is 3.72. The Labute approximate surface area is 163 Å². The van der Waals surface area contributed by atoms with E-state index >= 15 is 0 Å². The molecule has 150 valence electrons. The molecule has 0 aliphatic heterocycles. The summed E-state index contributed by atoms with van der Waals surface area (Å²) in [7, 11) is 0. The Morgan fingerprint density at radius 2 is 2.07 bits per heavy atom. The molecule has 1 aromatic rings. The van der Waals surface area contributed by atoms with Crippen LogP contribution in [0.5, 0.6) is 0 Å². The zero-order chi connectivity index (χ0) is 19.8. The van der Waals surface area contributed by atoms with Crippen molar-refractivity contribution in [2.75, 3.05) is 0 Å². The Balaban J connectivity index is 1.89. The van der Waals surface area contributed by atoms with Gasteiger partial charge in [-0.2, -0.15) is 0 Å². The van der Waals surface area contributed by atoms with Crippen LogP contribution < -0.4 is 0 Å². The van der Waals surface area contributed by atoms with E-state index in [1.165, 1.54) is 6.42 Å². The SMILES string of the molecule is CC(C)[C@@H]1CC[C@@H](C)C[C@H]1OC(=O)C1=C(O)CCC(C)(C)[C@@H]1c1ccco1. The second-order valence-electron chi connectivity index (χ2n) is 9.57. The minimum Gasteiger partial charge on any atom is -0.512 e. The van der Waals surface area contributed by atoms with Crippen LogP contribution >= 0.6 is 0 Å². The maximum atomic E-state index is 13.3. The van der Waals surface area contributed by atoms with Crippen molar-refractivity contribution < 1.29 is 19.1 Å². The van der Waals surface area contributed by atoms with Gasteiger partial charge in [0.1, 0.15) is 17.6 Å². The highest BCUT2D eigenvalue weighted by Gasteiger charge is 2.45. The second-order valence-corrected chi connectivity index (χ2v) is 9.57. The van der Waals surface area contributed by atoms with Crippen LogP contribution in [0.25, 0.3) is 0 Å². The van der Waals surface area contributed by atoms with E-state index in [0.29, 0.717) is 29.7 Å². The van der Waals surface area contributed by atoms with Gasteiger partial charge >= 0.3 is 5.97 Å². The summed E-state index contributed by atoms with van der Waals surface area (Å²) in [6.45, 7) is 10.9. The average molecular weight is 375 g/mol. The average Bonchev–Trinajstić information content (AvgIpc) is 3.10. The lowest BCUT2D eigenvalue weighted by molar-refractivity contribution is -0.152. The molecular weight excluding hydrogens is 340 g/mol. The van der Waals surface area contributed by atoms with Crippen molar-refractivity contribution in [2.45, 2.75) is 78.7 Å². The van der Waals surface area contributed by atoms with E-state index < -0.39 is 0 Å². The minimum absolute atomic E-state index is 0.0798. The van der Waals surface area contributed by atoms with Gasteiger partial charge in [0.2, 0.25) is 0 Å². The molecule has 27 heavy (non-hydrogen) atoms. The summed E-state index contributed by atoms with van der Waals surface area (Å²) in [5, 5.41) is 10.6. The lowest BCUT2D eigenvalue weighted by atomic mass is 9.66. The van der Waals surface area contributed by atoms with Crippen LogP contribution in [0.15, 0.2) is 34.1 Å². The largest absolute Gasteiger partial charge is 0.512 e. The third-order valence-electron chi connectivity index (χ3n) is 6.65. The number of carbonyl (C=O) groups is 1. The van der Waals surface area contributed by atoms with E-state index in [4.69, 9.17) is 9.15 Å². The van der Waals surface area contributed by atoms with E-state index in [1.54, 1.807) is 6.26 Å². The summed E-state index contributed by atoms with van der Waals surface area (Å²) in [5.41, 5.74) is 0.206. The van der Waals surface area contributed by atoms with Crippen molar-refractivity contribution in [3.05, 3.63) is 35.5 Å². The molecule has 4 atom stereocenters. The van der Waals surface area contributed by atoms with Gasteiger partial charge in [-0.25, -0.2) is 4.79 Å².